The van der Waals surface area contributed by atoms with E-state index >= 15 is 0 Å². The van der Waals surface area contributed by atoms with Crippen LogP contribution in [0, 0.1) is 10.7 Å². The van der Waals surface area contributed by atoms with Gasteiger partial charge in [-0.2, -0.15) is 0 Å². The second-order valence-corrected chi connectivity index (χ2v) is 12.7. The predicted octanol–water partition coefficient (Wildman–Crippen LogP) is 5.02. The van der Waals surface area contributed by atoms with E-state index in [0.29, 0.717) is 9.77 Å². The summed E-state index contributed by atoms with van der Waals surface area (Å²) in [5, 5.41) is 11.9. The molecule has 1 atom stereocenters. The van der Waals surface area contributed by atoms with E-state index in [0.717, 1.165) is 37.2 Å². The van der Waals surface area contributed by atoms with Crippen molar-refractivity contribution in [3.8, 4) is 0 Å². The number of rotatable bonds is 8. The van der Waals surface area contributed by atoms with Crippen LogP contribution >= 0.6 is 11.3 Å². The molecule has 2 aliphatic rings. The van der Waals surface area contributed by atoms with Crippen LogP contribution in [-0.4, -0.2) is 20.9 Å². The largest absolute Gasteiger partial charge is 0.386 e. The number of fused-ring (bicyclic) bond motifs is 1. The quantitative estimate of drug-likeness (QED) is 0.598. The Morgan fingerprint density at radius 1 is 1.27 bits per heavy atom. The Morgan fingerprint density at radius 2 is 2.03 bits per heavy atom. The maximum atomic E-state index is 13.1. The zero-order chi connectivity index (χ0) is 21.5. The van der Waals surface area contributed by atoms with Gasteiger partial charge in [0, 0.05) is 6.42 Å². The molecule has 2 aromatic rings. The van der Waals surface area contributed by atoms with Crippen molar-refractivity contribution in [2.75, 3.05) is 5.75 Å². The van der Waals surface area contributed by atoms with E-state index in [2.05, 4.69) is 12.1 Å². The number of thiophene rings is 1. The van der Waals surface area contributed by atoms with Crippen molar-refractivity contribution in [1.82, 2.24) is 0 Å². The van der Waals surface area contributed by atoms with Gasteiger partial charge in [0.05, 0.1) is 21.1 Å². The van der Waals surface area contributed by atoms with Gasteiger partial charge in [-0.3, -0.25) is 4.79 Å². The summed E-state index contributed by atoms with van der Waals surface area (Å²) in [6.07, 6.45) is 8.39. The molecule has 0 radical (unpaired) electrons. The third-order valence-electron chi connectivity index (χ3n) is 6.58. The van der Waals surface area contributed by atoms with Gasteiger partial charge in [-0.1, -0.05) is 31.4 Å². The van der Waals surface area contributed by atoms with Crippen molar-refractivity contribution in [2.24, 2.45) is 5.92 Å². The molecule has 0 amide bonds. The molecular weight excluding hydrogens is 414 g/mol. The van der Waals surface area contributed by atoms with Crippen molar-refractivity contribution in [3.63, 3.8) is 0 Å². The summed E-state index contributed by atoms with van der Waals surface area (Å²) in [5.41, 5.74) is 4.71. The Bertz CT molecular complexity index is 1060. The zero-order valence-electron chi connectivity index (χ0n) is 17.8. The molecule has 4 rings (SSSR count). The number of carbonyl (C=O) groups is 1. The third kappa shape index (κ3) is 4.56. The number of aliphatic hydroxyl groups is 1. The smallest absolute Gasteiger partial charge is 0.151 e. The van der Waals surface area contributed by atoms with Crippen LogP contribution in [0.1, 0.15) is 67.3 Å². The molecule has 1 heterocycles. The molecule has 0 bridgehead atoms. The van der Waals surface area contributed by atoms with Gasteiger partial charge in [0.25, 0.3) is 0 Å². The van der Waals surface area contributed by atoms with Gasteiger partial charge in [0.1, 0.15) is 4.21 Å². The topological polar surface area (TPSA) is 78.2 Å². The van der Waals surface area contributed by atoms with Gasteiger partial charge >= 0.3 is 0 Å². The second kappa shape index (κ2) is 8.21. The van der Waals surface area contributed by atoms with Crippen LogP contribution in [0.15, 0.2) is 27.8 Å². The van der Waals surface area contributed by atoms with Crippen molar-refractivity contribution >= 4 is 26.8 Å². The Morgan fingerprint density at radius 3 is 2.67 bits per heavy atom. The standard InChI is InChI=1S/C24H31NO3S2/c1-24(2,27)19-12-23(29-14-19)30(25,28)15-20(26)13-22-18(11-16-5-3-6-16)10-9-17-7-4-8-21(17)22/h9-10,12,14,16,25,27H,3-8,11,13,15H2,1-2H3/t30-/m1/s1. The van der Waals surface area contributed by atoms with Crippen LogP contribution in [0.2, 0.25) is 0 Å². The number of hydrogen-bond acceptors (Lipinski definition) is 5. The van der Waals surface area contributed by atoms with Crippen molar-refractivity contribution in [1.29, 1.82) is 4.78 Å². The minimum absolute atomic E-state index is 0.122. The first-order valence-electron chi connectivity index (χ1n) is 10.9. The van der Waals surface area contributed by atoms with Gasteiger partial charge in [-0.25, -0.2) is 8.99 Å². The minimum Gasteiger partial charge on any atom is -0.386 e. The SMILES string of the molecule is CC(C)(O)c1csc([S@](=N)(=O)CC(=O)Cc2c(CC3CCC3)ccc3c2CCC3)c1. The molecule has 0 spiro atoms. The average Bonchev–Trinajstić information content (AvgIpc) is 3.28. The van der Waals surface area contributed by atoms with E-state index in [1.54, 1.807) is 25.3 Å². The van der Waals surface area contributed by atoms with E-state index in [9.17, 15) is 14.1 Å². The monoisotopic (exact) mass is 445 g/mol. The first kappa shape index (κ1) is 21.7. The van der Waals surface area contributed by atoms with Gasteiger partial charge in [-0.15, -0.1) is 11.3 Å². The molecule has 2 aliphatic carbocycles. The predicted molar refractivity (Wildman–Crippen MR) is 122 cm³/mol. The first-order chi connectivity index (χ1) is 14.1. The molecule has 0 unspecified atom stereocenters. The highest BCUT2D eigenvalue weighted by Crippen LogP contribution is 2.35. The van der Waals surface area contributed by atoms with Crippen molar-refractivity contribution in [3.05, 3.63) is 51.4 Å². The summed E-state index contributed by atoms with van der Waals surface area (Å²) < 4.78 is 21.8. The Hall–Kier alpha value is -1.50. The Balaban J connectivity index is 1.53. The normalized spacial score (nSPS) is 18.6. The zero-order valence-corrected chi connectivity index (χ0v) is 19.5. The highest BCUT2D eigenvalue weighted by molar-refractivity contribution is 7.95. The van der Waals surface area contributed by atoms with Gasteiger partial charge in [0.15, 0.2) is 5.78 Å². The average molecular weight is 446 g/mol. The summed E-state index contributed by atoms with van der Waals surface area (Å²) in [4.78, 5) is 13.0. The molecule has 4 nitrogen and oxygen atoms in total. The van der Waals surface area contributed by atoms with Crippen LogP contribution in [0.3, 0.4) is 0 Å². The lowest BCUT2D eigenvalue weighted by Crippen LogP contribution is -2.20. The maximum absolute atomic E-state index is 13.1. The molecule has 1 aromatic carbocycles. The molecule has 30 heavy (non-hydrogen) atoms. The van der Waals surface area contributed by atoms with Gasteiger partial charge < -0.3 is 5.11 Å². The molecule has 2 N–H and O–H groups in total. The third-order valence-corrected chi connectivity index (χ3v) is 9.89. The summed E-state index contributed by atoms with van der Waals surface area (Å²) in [5.74, 6) is 0.346. The molecule has 1 saturated carbocycles. The fraction of sp³-hybridized carbons (Fsp3) is 0.542. The molecule has 0 aliphatic heterocycles. The number of carbonyl (C=O) groups excluding carboxylic acids is 1. The Labute approximate surface area is 183 Å². The molecule has 162 valence electrons. The van der Waals surface area contributed by atoms with Gasteiger partial charge in [-0.05, 0) is 84.7 Å². The summed E-state index contributed by atoms with van der Waals surface area (Å²) in [7, 11) is -3.20. The molecule has 1 aromatic heterocycles. The molecule has 0 saturated heterocycles. The minimum atomic E-state index is -3.20. The molecular formula is C24H31NO3S2. The summed E-state index contributed by atoms with van der Waals surface area (Å²) in [6.45, 7) is 3.32. The van der Waals surface area contributed by atoms with Gasteiger partial charge in [0.2, 0.25) is 0 Å². The number of Topliss-reactive ketones (excluding diaryl/α,β-unsaturated/α-hetero) is 1. The van der Waals surface area contributed by atoms with Crippen LogP contribution in [0.5, 0.6) is 0 Å². The van der Waals surface area contributed by atoms with E-state index < -0.39 is 15.3 Å². The van der Waals surface area contributed by atoms with E-state index in [1.165, 1.54) is 47.3 Å². The molecule has 1 fully saturated rings. The lowest BCUT2D eigenvalue weighted by molar-refractivity contribution is -0.116. The fourth-order valence-electron chi connectivity index (χ4n) is 4.57. The highest BCUT2D eigenvalue weighted by atomic mass is 32.2. The number of aryl methyl sites for hydroxylation is 1. The lowest BCUT2D eigenvalue weighted by Gasteiger charge is -2.27. The van der Waals surface area contributed by atoms with Crippen molar-refractivity contribution in [2.45, 2.75) is 75.0 Å². The fourth-order valence-corrected chi connectivity index (χ4v) is 7.32. The van der Waals surface area contributed by atoms with E-state index in [4.69, 9.17) is 4.78 Å². The number of nitrogens with one attached hydrogen (secondary N) is 1. The number of ketones is 1. The number of benzene rings is 1. The van der Waals surface area contributed by atoms with E-state index in [-0.39, 0.29) is 18.0 Å². The van der Waals surface area contributed by atoms with E-state index in [1.807, 2.05) is 0 Å². The number of hydrogen-bond donors (Lipinski definition) is 2. The van der Waals surface area contributed by atoms with Crippen LogP contribution < -0.4 is 0 Å². The highest BCUT2D eigenvalue weighted by Gasteiger charge is 2.26. The lowest BCUT2D eigenvalue weighted by atomic mass is 9.79. The Kier molecular flexibility index (Phi) is 5.94. The van der Waals surface area contributed by atoms with Crippen LogP contribution in [-0.2, 0) is 45.8 Å². The van der Waals surface area contributed by atoms with Crippen LogP contribution in [0.25, 0.3) is 0 Å². The first-order valence-corrected chi connectivity index (χ1v) is 13.5. The second-order valence-electron chi connectivity index (χ2n) is 9.44. The molecule has 6 heteroatoms. The van der Waals surface area contributed by atoms with Crippen LogP contribution in [0.4, 0.5) is 0 Å². The van der Waals surface area contributed by atoms with Crippen molar-refractivity contribution < 1.29 is 14.1 Å². The maximum Gasteiger partial charge on any atom is 0.151 e. The summed E-state index contributed by atoms with van der Waals surface area (Å²) in [6, 6.07) is 6.06. The summed E-state index contributed by atoms with van der Waals surface area (Å²) >= 11 is 1.20.